The minimum atomic E-state index is -0.0405. The second-order valence-corrected chi connectivity index (χ2v) is 7.29. The summed E-state index contributed by atoms with van der Waals surface area (Å²) in [6.07, 6.45) is 6.20. The summed E-state index contributed by atoms with van der Waals surface area (Å²) in [5.41, 5.74) is 1.44. The predicted octanol–water partition coefficient (Wildman–Crippen LogP) is 1.84. The molecule has 3 heterocycles. The summed E-state index contributed by atoms with van der Waals surface area (Å²) in [5, 5.41) is 0. The van der Waals surface area contributed by atoms with Crippen LogP contribution < -0.4 is 10.3 Å². The van der Waals surface area contributed by atoms with Gasteiger partial charge in [0.1, 0.15) is 11.3 Å². The summed E-state index contributed by atoms with van der Waals surface area (Å²) >= 11 is 0. The van der Waals surface area contributed by atoms with Gasteiger partial charge in [-0.3, -0.25) is 9.59 Å². The van der Waals surface area contributed by atoms with Crippen LogP contribution in [0.25, 0.3) is 0 Å². The number of carbonyl (C=O) groups excluding carboxylic acids is 1. The zero-order chi connectivity index (χ0) is 17.2. The SMILES string of the molecule is O=C(c1c(OCC2CC2)cc(=O)n2c1CCCCC2)N1CCOCC1. The van der Waals surface area contributed by atoms with Crippen LogP contribution in [0.3, 0.4) is 0 Å². The third-order valence-electron chi connectivity index (χ3n) is 5.36. The Labute approximate surface area is 147 Å². The van der Waals surface area contributed by atoms with E-state index in [1.807, 2.05) is 4.90 Å². The maximum Gasteiger partial charge on any atom is 0.259 e. The summed E-state index contributed by atoms with van der Waals surface area (Å²) in [6, 6.07) is 1.53. The Bertz CT molecular complexity index is 702. The Hall–Kier alpha value is -1.82. The molecule has 1 amide bonds. The van der Waals surface area contributed by atoms with Gasteiger partial charge in [0.2, 0.25) is 0 Å². The van der Waals surface area contributed by atoms with Crippen LogP contribution in [0.1, 0.15) is 48.2 Å². The van der Waals surface area contributed by atoms with Crippen LogP contribution in [-0.2, 0) is 17.7 Å². The fourth-order valence-corrected chi connectivity index (χ4v) is 3.68. The molecule has 1 saturated heterocycles. The molecule has 6 heteroatoms. The number of ether oxygens (including phenoxy) is 2. The summed E-state index contributed by atoms with van der Waals surface area (Å²) in [5.74, 6) is 1.05. The molecular weight excluding hydrogens is 320 g/mol. The molecule has 3 aliphatic rings. The Balaban J connectivity index is 1.73. The summed E-state index contributed by atoms with van der Waals surface area (Å²) in [6.45, 7) is 3.63. The van der Waals surface area contributed by atoms with Crippen molar-refractivity contribution in [3.63, 3.8) is 0 Å². The van der Waals surface area contributed by atoms with Gasteiger partial charge in [0.05, 0.1) is 19.8 Å². The van der Waals surface area contributed by atoms with E-state index in [4.69, 9.17) is 9.47 Å². The van der Waals surface area contributed by atoms with E-state index in [-0.39, 0.29) is 11.5 Å². The second kappa shape index (κ2) is 7.20. The monoisotopic (exact) mass is 346 g/mol. The molecule has 1 aromatic heterocycles. The first-order valence-corrected chi connectivity index (χ1v) is 9.50. The molecule has 25 heavy (non-hydrogen) atoms. The molecule has 2 aliphatic heterocycles. The average Bonchev–Trinajstić information content (AvgIpc) is 3.47. The molecule has 136 valence electrons. The van der Waals surface area contributed by atoms with Crippen molar-refractivity contribution in [2.24, 2.45) is 5.92 Å². The molecule has 0 bridgehead atoms. The van der Waals surface area contributed by atoms with Crippen molar-refractivity contribution < 1.29 is 14.3 Å². The second-order valence-electron chi connectivity index (χ2n) is 7.29. The van der Waals surface area contributed by atoms with Gasteiger partial charge in [-0.25, -0.2) is 0 Å². The minimum absolute atomic E-state index is 0.0141. The highest BCUT2D eigenvalue weighted by Crippen LogP contribution is 2.32. The van der Waals surface area contributed by atoms with Crippen molar-refractivity contribution in [3.8, 4) is 5.75 Å². The summed E-state index contributed by atoms with van der Waals surface area (Å²) in [7, 11) is 0. The lowest BCUT2D eigenvalue weighted by molar-refractivity contribution is 0.0298. The number of aromatic nitrogens is 1. The number of nitrogens with zero attached hydrogens (tertiary/aromatic N) is 2. The van der Waals surface area contributed by atoms with Gasteiger partial charge in [0, 0.05) is 31.4 Å². The van der Waals surface area contributed by atoms with Gasteiger partial charge < -0.3 is 18.9 Å². The molecular formula is C19H26N2O4. The van der Waals surface area contributed by atoms with E-state index in [1.54, 1.807) is 4.57 Å². The van der Waals surface area contributed by atoms with Crippen molar-refractivity contribution in [1.82, 2.24) is 9.47 Å². The normalized spacial score (nSPS) is 20.7. The first-order valence-electron chi connectivity index (χ1n) is 9.50. The zero-order valence-electron chi connectivity index (χ0n) is 14.7. The van der Waals surface area contributed by atoms with Gasteiger partial charge in [-0.15, -0.1) is 0 Å². The number of pyridine rings is 1. The van der Waals surface area contributed by atoms with Crippen molar-refractivity contribution in [3.05, 3.63) is 27.7 Å². The minimum Gasteiger partial charge on any atom is -0.492 e. The highest BCUT2D eigenvalue weighted by atomic mass is 16.5. The van der Waals surface area contributed by atoms with Crippen LogP contribution in [0, 0.1) is 5.92 Å². The van der Waals surface area contributed by atoms with Gasteiger partial charge in [0.15, 0.2) is 0 Å². The van der Waals surface area contributed by atoms with E-state index in [0.717, 1.165) is 31.4 Å². The molecule has 0 unspecified atom stereocenters. The fourth-order valence-electron chi connectivity index (χ4n) is 3.68. The van der Waals surface area contributed by atoms with Gasteiger partial charge in [-0.05, 0) is 38.0 Å². The van der Waals surface area contributed by atoms with Crippen LogP contribution >= 0.6 is 0 Å². The van der Waals surface area contributed by atoms with Gasteiger partial charge in [-0.2, -0.15) is 0 Å². The molecule has 2 fully saturated rings. The highest BCUT2D eigenvalue weighted by molar-refractivity contribution is 5.98. The van der Waals surface area contributed by atoms with Crippen molar-refractivity contribution in [2.75, 3.05) is 32.9 Å². The number of hydrogen-bond donors (Lipinski definition) is 0. The molecule has 0 N–H and O–H groups in total. The lowest BCUT2D eigenvalue weighted by Gasteiger charge is -2.29. The summed E-state index contributed by atoms with van der Waals surface area (Å²) in [4.78, 5) is 27.7. The third-order valence-corrected chi connectivity index (χ3v) is 5.36. The Kier molecular flexibility index (Phi) is 4.79. The number of amides is 1. The zero-order valence-corrected chi connectivity index (χ0v) is 14.7. The first-order chi connectivity index (χ1) is 12.2. The van der Waals surface area contributed by atoms with Gasteiger partial charge in [-0.1, -0.05) is 6.42 Å². The van der Waals surface area contributed by atoms with Crippen LogP contribution in [-0.4, -0.2) is 48.3 Å². The number of morpholine rings is 1. The van der Waals surface area contributed by atoms with Crippen LogP contribution in [0.2, 0.25) is 0 Å². The van der Waals surface area contributed by atoms with E-state index in [1.165, 1.54) is 18.9 Å². The van der Waals surface area contributed by atoms with E-state index in [2.05, 4.69) is 0 Å². The van der Waals surface area contributed by atoms with Crippen LogP contribution in [0.4, 0.5) is 0 Å². The fraction of sp³-hybridized carbons (Fsp3) is 0.684. The molecule has 0 aromatic carbocycles. The molecule has 0 spiro atoms. The van der Waals surface area contributed by atoms with Crippen molar-refractivity contribution in [1.29, 1.82) is 0 Å². The molecule has 0 atom stereocenters. The van der Waals surface area contributed by atoms with Gasteiger partial charge >= 0.3 is 0 Å². The largest absolute Gasteiger partial charge is 0.492 e. The standard InChI is InChI=1S/C19H26N2O4/c22-17-12-16(25-13-14-5-6-14)18(15-4-2-1-3-7-21(15)17)19(23)20-8-10-24-11-9-20/h12,14H,1-11,13H2. The van der Waals surface area contributed by atoms with E-state index < -0.39 is 0 Å². The smallest absolute Gasteiger partial charge is 0.259 e. The quantitative estimate of drug-likeness (QED) is 0.835. The maximum atomic E-state index is 13.3. The maximum absolute atomic E-state index is 13.3. The topological polar surface area (TPSA) is 60.8 Å². The average molecular weight is 346 g/mol. The first kappa shape index (κ1) is 16.6. The number of rotatable bonds is 4. The van der Waals surface area contributed by atoms with Crippen LogP contribution in [0.5, 0.6) is 5.75 Å². The molecule has 0 radical (unpaired) electrons. The third kappa shape index (κ3) is 3.59. The number of fused-ring (bicyclic) bond motifs is 1. The lowest BCUT2D eigenvalue weighted by atomic mass is 10.1. The van der Waals surface area contributed by atoms with E-state index in [0.29, 0.717) is 56.7 Å². The lowest BCUT2D eigenvalue weighted by Crippen LogP contribution is -2.42. The molecule has 4 rings (SSSR count). The van der Waals surface area contributed by atoms with Crippen molar-refractivity contribution >= 4 is 5.91 Å². The Morgan fingerprint density at radius 3 is 2.72 bits per heavy atom. The molecule has 6 nitrogen and oxygen atoms in total. The number of carbonyl (C=O) groups is 1. The van der Waals surface area contributed by atoms with Crippen LogP contribution in [0.15, 0.2) is 10.9 Å². The van der Waals surface area contributed by atoms with Gasteiger partial charge in [0.25, 0.3) is 11.5 Å². The predicted molar refractivity (Wildman–Crippen MR) is 93.2 cm³/mol. The molecule has 1 saturated carbocycles. The number of hydrogen-bond acceptors (Lipinski definition) is 4. The summed E-state index contributed by atoms with van der Waals surface area (Å²) < 4.78 is 13.1. The van der Waals surface area contributed by atoms with Crippen molar-refractivity contribution in [2.45, 2.75) is 45.1 Å². The Morgan fingerprint density at radius 2 is 1.96 bits per heavy atom. The molecule has 1 aliphatic carbocycles. The molecule has 1 aromatic rings. The van der Waals surface area contributed by atoms with E-state index in [9.17, 15) is 9.59 Å². The van der Waals surface area contributed by atoms with E-state index >= 15 is 0 Å². The highest BCUT2D eigenvalue weighted by Gasteiger charge is 2.29. The Morgan fingerprint density at radius 1 is 1.16 bits per heavy atom.